The Hall–Kier alpha value is -0.980. The van der Waals surface area contributed by atoms with E-state index < -0.39 is 0 Å². The number of piperidine rings is 1. The molecular weight excluding hydrogens is 358 g/mol. The van der Waals surface area contributed by atoms with Crippen LogP contribution in [0.4, 0.5) is 0 Å². The highest BCUT2D eigenvalue weighted by molar-refractivity contribution is 7.09. The van der Waals surface area contributed by atoms with E-state index in [1.807, 2.05) is 0 Å². The van der Waals surface area contributed by atoms with Gasteiger partial charge in [0.2, 0.25) is 5.91 Å². The number of rotatable bonds is 4. The van der Waals surface area contributed by atoms with Gasteiger partial charge in [-0.25, -0.2) is 4.98 Å². The fraction of sp³-hybridized carbons (Fsp3) is 0.810. The maximum absolute atomic E-state index is 13.6. The van der Waals surface area contributed by atoms with Crippen LogP contribution in [0.15, 0.2) is 5.38 Å². The zero-order chi connectivity index (χ0) is 19.0. The Bertz CT molecular complexity index is 668. The zero-order valence-electron chi connectivity index (χ0n) is 16.7. The van der Waals surface area contributed by atoms with E-state index in [-0.39, 0.29) is 11.6 Å². The molecule has 1 amide bonds. The second kappa shape index (κ2) is 7.80. The lowest BCUT2D eigenvalue weighted by atomic mass is 9.82. The van der Waals surface area contributed by atoms with E-state index in [0.29, 0.717) is 17.9 Å². The number of aliphatic hydroxyl groups is 1. The van der Waals surface area contributed by atoms with Gasteiger partial charge in [0.25, 0.3) is 0 Å². The van der Waals surface area contributed by atoms with Crippen LogP contribution >= 0.6 is 11.3 Å². The number of nitrogens with zero attached hydrogens (tertiary/aromatic N) is 3. The first-order valence-corrected chi connectivity index (χ1v) is 11.6. The molecule has 1 aromatic heterocycles. The summed E-state index contributed by atoms with van der Waals surface area (Å²) in [5, 5.41) is 13.1. The van der Waals surface area contributed by atoms with Crippen molar-refractivity contribution in [2.45, 2.75) is 95.4 Å². The molecule has 150 valence electrons. The summed E-state index contributed by atoms with van der Waals surface area (Å²) in [5.41, 5.74) is 0.860. The minimum atomic E-state index is -0.308. The van der Waals surface area contributed by atoms with Crippen LogP contribution in [0, 0.1) is 0 Å². The third-order valence-corrected chi connectivity index (χ3v) is 7.72. The van der Waals surface area contributed by atoms with E-state index in [4.69, 9.17) is 4.98 Å². The van der Waals surface area contributed by atoms with Crippen molar-refractivity contribution in [1.29, 1.82) is 0 Å². The first-order chi connectivity index (χ1) is 13.0. The summed E-state index contributed by atoms with van der Waals surface area (Å²) in [6.07, 6.45) is 7.57. The summed E-state index contributed by atoms with van der Waals surface area (Å²) in [5.74, 6) is 0.810. The molecule has 0 bridgehead atoms. The van der Waals surface area contributed by atoms with Gasteiger partial charge >= 0.3 is 0 Å². The van der Waals surface area contributed by atoms with Crippen molar-refractivity contribution < 1.29 is 9.90 Å². The number of carbonyl (C=O) groups is 1. The summed E-state index contributed by atoms with van der Waals surface area (Å²) in [4.78, 5) is 23.1. The van der Waals surface area contributed by atoms with Crippen LogP contribution in [0.1, 0.15) is 81.8 Å². The Labute approximate surface area is 166 Å². The third-order valence-electron chi connectivity index (χ3n) is 6.87. The van der Waals surface area contributed by atoms with Crippen LogP contribution in [-0.2, 0) is 11.3 Å². The van der Waals surface area contributed by atoms with Gasteiger partial charge in [-0.15, -0.1) is 11.3 Å². The summed E-state index contributed by atoms with van der Waals surface area (Å²) in [6.45, 7) is 7.06. The molecule has 3 heterocycles. The average Bonchev–Trinajstić information content (AvgIpc) is 3.27. The minimum absolute atomic E-state index is 0.168. The van der Waals surface area contributed by atoms with Gasteiger partial charge < -0.3 is 10.0 Å². The molecule has 3 aliphatic rings. The largest absolute Gasteiger partial charge is 0.393 e. The highest BCUT2D eigenvalue weighted by Gasteiger charge is 2.52. The standard InChI is InChI=1S/C21H33N3O2S/c1-15(2)18-14-27-19(22-18)13-23-11-3-9-21(23)10-4-12-24(20(21)26)16-5-7-17(25)8-6-16/h14-17,25H,3-13H2,1-2H3. The van der Waals surface area contributed by atoms with E-state index in [0.717, 1.165) is 76.0 Å². The molecule has 0 radical (unpaired) electrons. The van der Waals surface area contributed by atoms with Crippen molar-refractivity contribution >= 4 is 17.2 Å². The van der Waals surface area contributed by atoms with Crippen LogP contribution in [0.5, 0.6) is 0 Å². The second-order valence-corrected chi connectivity index (χ2v) is 9.88. The van der Waals surface area contributed by atoms with Crippen molar-refractivity contribution in [3.63, 3.8) is 0 Å². The molecular formula is C21H33N3O2S. The third kappa shape index (κ3) is 3.68. The van der Waals surface area contributed by atoms with Crippen molar-refractivity contribution in [1.82, 2.24) is 14.8 Å². The highest BCUT2D eigenvalue weighted by atomic mass is 32.1. The lowest BCUT2D eigenvalue weighted by Crippen LogP contribution is -2.62. The first-order valence-electron chi connectivity index (χ1n) is 10.7. The molecule has 1 saturated carbocycles. The van der Waals surface area contributed by atoms with Crippen molar-refractivity contribution in [2.24, 2.45) is 0 Å². The van der Waals surface area contributed by atoms with E-state index in [1.165, 1.54) is 5.69 Å². The van der Waals surface area contributed by atoms with Gasteiger partial charge in [-0.3, -0.25) is 9.69 Å². The fourth-order valence-electron chi connectivity index (χ4n) is 5.25. The minimum Gasteiger partial charge on any atom is -0.393 e. The summed E-state index contributed by atoms with van der Waals surface area (Å²) < 4.78 is 0. The van der Waals surface area contributed by atoms with Crippen molar-refractivity contribution in [2.75, 3.05) is 13.1 Å². The fourth-order valence-corrected chi connectivity index (χ4v) is 6.22. The van der Waals surface area contributed by atoms with Gasteiger partial charge in [-0.05, 0) is 63.8 Å². The van der Waals surface area contributed by atoms with Crippen LogP contribution in [0.3, 0.4) is 0 Å². The number of carbonyl (C=O) groups excluding carboxylic acids is 1. The average molecular weight is 392 g/mol. The number of aromatic nitrogens is 1. The Morgan fingerprint density at radius 2 is 1.93 bits per heavy atom. The van der Waals surface area contributed by atoms with Gasteiger partial charge in [0.05, 0.1) is 18.3 Å². The molecule has 1 aromatic rings. The molecule has 1 spiro atoms. The van der Waals surface area contributed by atoms with E-state index in [9.17, 15) is 9.90 Å². The predicted octanol–water partition coefficient (Wildman–Crippen LogP) is 3.53. The topological polar surface area (TPSA) is 56.7 Å². The SMILES string of the molecule is CC(C)c1csc(CN2CCCC23CCCN(C2CCC(O)CC2)C3=O)n1. The van der Waals surface area contributed by atoms with Crippen LogP contribution in [0.2, 0.25) is 0 Å². The Balaban J connectivity index is 1.50. The normalized spacial score (nSPS) is 32.7. The van der Waals surface area contributed by atoms with Gasteiger partial charge in [0, 0.05) is 18.0 Å². The molecule has 0 aromatic carbocycles. The number of aliphatic hydroxyl groups excluding tert-OH is 1. The number of thiazole rings is 1. The molecule has 1 unspecified atom stereocenters. The molecule has 4 rings (SSSR count). The smallest absolute Gasteiger partial charge is 0.243 e. The van der Waals surface area contributed by atoms with E-state index in [1.54, 1.807) is 11.3 Å². The van der Waals surface area contributed by atoms with Gasteiger partial charge in [0.15, 0.2) is 0 Å². The first kappa shape index (κ1) is 19.3. The molecule has 3 fully saturated rings. The monoisotopic (exact) mass is 391 g/mol. The van der Waals surface area contributed by atoms with Gasteiger partial charge in [0.1, 0.15) is 10.5 Å². The highest BCUT2D eigenvalue weighted by Crippen LogP contribution is 2.41. The van der Waals surface area contributed by atoms with E-state index in [2.05, 4.69) is 29.0 Å². The van der Waals surface area contributed by atoms with Crippen LogP contribution < -0.4 is 0 Å². The van der Waals surface area contributed by atoms with Crippen molar-refractivity contribution in [3.05, 3.63) is 16.1 Å². The zero-order valence-corrected chi connectivity index (χ0v) is 17.5. The molecule has 27 heavy (non-hydrogen) atoms. The van der Waals surface area contributed by atoms with Crippen LogP contribution in [0.25, 0.3) is 0 Å². The molecule has 1 N–H and O–H groups in total. The van der Waals surface area contributed by atoms with Gasteiger partial charge in [-0.2, -0.15) is 0 Å². The number of likely N-dealkylation sites (tertiary alicyclic amines) is 2. The molecule has 1 aliphatic carbocycles. The lowest BCUT2D eigenvalue weighted by Gasteiger charge is -2.48. The molecule has 2 saturated heterocycles. The second-order valence-electron chi connectivity index (χ2n) is 8.94. The quantitative estimate of drug-likeness (QED) is 0.853. The Morgan fingerprint density at radius 1 is 1.22 bits per heavy atom. The number of hydrogen-bond donors (Lipinski definition) is 1. The summed E-state index contributed by atoms with van der Waals surface area (Å²) >= 11 is 1.74. The number of amides is 1. The Morgan fingerprint density at radius 3 is 2.59 bits per heavy atom. The lowest BCUT2D eigenvalue weighted by molar-refractivity contribution is -0.152. The molecule has 6 heteroatoms. The summed E-state index contributed by atoms with van der Waals surface area (Å²) in [6, 6.07) is 0.327. The molecule has 5 nitrogen and oxygen atoms in total. The molecule has 2 aliphatic heterocycles. The number of hydrogen-bond acceptors (Lipinski definition) is 5. The maximum Gasteiger partial charge on any atom is 0.243 e. The van der Waals surface area contributed by atoms with E-state index >= 15 is 0 Å². The van der Waals surface area contributed by atoms with Gasteiger partial charge in [-0.1, -0.05) is 13.8 Å². The molecule has 1 atom stereocenters. The van der Waals surface area contributed by atoms with Crippen LogP contribution in [-0.4, -0.2) is 56.6 Å². The summed E-state index contributed by atoms with van der Waals surface area (Å²) in [7, 11) is 0. The maximum atomic E-state index is 13.6. The van der Waals surface area contributed by atoms with Crippen molar-refractivity contribution in [3.8, 4) is 0 Å². The predicted molar refractivity (Wildman–Crippen MR) is 108 cm³/mol. The Kier molecular flexibility index (Phi) is 5.59.